The summed E-state index contributed by atoms with van der Waals surface area (Å²) in [5.74, 6) is -1.16. The zero-order valence-electron chi connectivity index (χ0n) is 10.7. The van der Waals surface area contributed by atoms with Crippen LogP contribution in [0.2, 0.25) is 0 Å². The Kier molecular flexibility index (Phi) is 3.97. The number of nitro benzene ring substituents is 1. The van der Waals surface area contributed by atoms with E-state index in [4.69, 9.17) is 5.11 Å². The number of fused-ring (bicyclic) bond motifs is 1. The SMILES string of the molecule is O=C(O)CCCN1CCc2ccc([N+](=O)[O-])cc2C1=O. The van der Waals surface area contributed by atoms with Gasteiger partial charge in [-0.1, -0.05) is 6.07 Å². The van der Waals surface area contributed by atoms with E-state index in [1.54, 1.807) is 11.0 Å². The molecule has 0 bridgehead atoms. The van der Waals surface area contributed by atoms with Crippen LogP contribution >= 0.6 is 0 Å². The van der Waals surface area contributed by atoms with Gasteiger partial charge in [-0.25, -0.2) is 0 Å². The first-order valence-electron chi connectivity index (χ1n) is 6.27. The highest BCUT2D eigenvalue weighted by Gasteiger charge is 2.26. The van der Waals surface area contributed by atoms with Crippen LogP contribution in [0.1, 0.15) is 28.8 Å². The van der Waals surface area contributed by atoms with E-state index in [2.05, 4.69) is 0 Å². The number of hydrogen-bond acceptors (Lipinski definition) is 4. The first-order chi connectivity index (χ1) is 9.49. The lowest BCUT2D eigenvalue weighted by molar-refractivity contribution is -0.384. The number of benzene rings is 1. The Labute approximate surface area is 115 Å². The van der Waals surface area contributed by atoms with Gasteiger partial charge in [0.25, 0.3) is 11.6 Å². The highest BCUT2D eigenvalue weighted by molar-refractivity contribution is 5.97. The van der Waals surface area contributed by atoms with Crippen LogP contribution in [0, 0.1) is 10.1 Å². The molecule has 1 aliphatic rings. The lowest BCUT2D eigenvalue weighted by atomic mass is 9.98. The van der Waals surface area contributed by atoms with Crippen molar-refractivity contribution in [2.24, 2.45) is 0 Å². The molecule has 7 nitrogen and oxygen atoms in total. The minimum atomic E-state index is -0.898. The molecule has 0 radical (unpaired) electrons. The van der Waals surface area contributed by atoms with Crippen LogP contribution < -0.4 is 0 Å². The number of aliphatic carboxylic acids is 1. The zero-order chi connectivity index (χ0) is 14.7. The molecule has 1 heterocycles. The molecule has 0 saturated carbocycles. The van der Waals surface area contributed by atoms with E-state index >= 15 is 0 Å². The summed E-state index contributed by atoms with van der Waals surface area (Å²) < 4.78 is 0. The van der Waals surface area contributed by atoms with Crippen molar-refractivity contribution < 1.29 is 19.6 Å². The van der Waals surface area contributed by atoms with Crippen LogP contribution in [-0.2, 0) is 11.2 Å². The summed E-state index contributed by atoms with van der Waals surface area (Å²) >= 11 is 0. The summed E-state index contributed by atoms with van der Waals surface area (Å²) in [6.07, 6.45) is 1.02. The molecule has 7 heteroatoms. The van der Waals surface area contributed by atoms with Crippen molar-refractivity contribution in [3.63, 3.8) is 0 Å². The van der Waals surface area contributed by atoms with Crippen LogP contribution in [0.25, 0.3) is 0 Å². The Morgan fingerprint density at radius 2 is 2.20 bits per heavy atom. The second-order valence-corrected chi connectivity index (χ2v) is 4.64. The van der Waals surface area contributed by atoms with Crippen molar-refractivity contribution in [3.05, 3.63) is 39.4 Å². The predicted octanol–water partition coefficient (Wildman–Crippen LogP) is 1.46. The van der Waals surface area contributed by atoms with Gasteiger partial charge in [0.15, 0.2) is 0 Å². The first kappa shape index (κ1) is 14.0. The van der Waals surface area contributed by atoms with E-state index in [1.165, 1.54) is 12.1 Å². The van der Waals surface area contributed by atoms with Gasteiger partial charge in [-0.2, -0.15) is 0 Å². The number of hydrogen-bond donors (Lipinski definition) is 1. The minimum absolute atomic E-state index is 0.00553. The molecule has 0 aromatic heterocycles. The molecular formula is C13H14N2O5. The van der Waals surface area contributed by atoms with Gasteiger partial charge in [0.05, 0.1) is 4.92 Å². The summed E-state index contributed by atoms with van der Waals surface area (Å²) in [4.78, 5) is 34.4. The highest BCUT2D eigenvalue weighted by Crippen LogP contribution is 2.24. The normalized spacial score (nSPS) is 14.0. The number of amides is 1. The van der Waals surface area contributed by atoms with Gasteiger partial charge in [0.1, 0.15) is 0 Å². The largest absolute Gasteiger partial charge is 0.481 e. The monoisotopic (exact) mass is 278 g/mol. The van der Waals surface area contributed by atoms with Crippen LogP contribution in [0.4, 0.5) is 5.69 Å². The molecule has 0 aliphatic carbocycles. The van der Waals surface area contributed by atoms with Gasteiger partial charge < -0.3 is 10.0 Å². The third-order valence-electron chi connectivity index (χ3n) is 3.29. The average molecular weight is 278 g/mol. The number of carbonyl (C=O) groups is 2. The van der Waals surface area contributed by atoms with Crippen molar-refractivity contribution in [1.82, 2.24) is 4.90 Å². The van der Waals surface area contributed by atoms with E-state index in [-0.39, 0.29) is 18.0 Å². The molecule has 0 fully saturated rings. The maximum Gasteiger partial charge on any atom is 0.303 e. The number of carboxylic acid groups (broad SMARTS) is 1. The predicted molar refractivity (Wildman–Crippen MR) is 69.6 cm³/mol. The second-order valence-electron chi connectivity index (χ2n) is 4.64. The molecule has 1 aromatic carbocycles. The maximum atomic E-state index is 12.2. The lowest BCUT2D eigenvalue weighted by Crippen LogP contribution is -2.38. The van der Waals surface area contributed by atoms with Crippen molar-refractivity contribution in [3.8, 4) is 0 Å². The van der Waals surface area contributed by atoms with Crippen LogP contribution in [0.15, 0.2) is 18.2 Å². The first-order valence-corrected chi connectivity index (χ1v) is 6.27. The fourth-order valence-electron chi connectivity index (χ4n) is 2.26. The maximum absolute atomic E-state index is 12.2. The topological polar surface area (TPSA) is 101 Å². The van der Waals surface area contributed by atoms with Crippen molar-refractivity contribution in [2.75, 3.05) is 13.1 Å². The fourth-order valence-corrected chi connectivity index (χ4v) is 2.26. The Bertz CT molecular complexity index is 570. The number of rotatable bonds is 5. The number of carboxylic acids is 1. The van der Waals surface area contributed by atoms with Crippen LogP contribution in [-0.4, -0.2) is 39.9 Å². The molecule has 0 spiro atoms. The summed E-state index contributed by atoms with van der Waals surface area (Å²) in [5.41, 5.74) is 1.04. The van der Waals surface area contributed by atoms with Crippen LogP contribution in [0.5, 0.6) is 0 Å². The Morgan fingerprint density at radius 3 is 2.85 bits per heavy atom. The number of non-ortho nitro benzene ring substituents is 1. The molecule has 0 atom stereocenters. The third kappa shape index (κ3) is 2.93. The van der Waals surface area contributed by atoms with E-state index in [1.807, 2.05) is 0 Å². The molecule has 2 rings (SSSR count). The molecule has 0 unspecified atom stereocenters. The van der Waals surface area contributed by atoms with Gasteiger partial charge in [-0.05, 0) is 18.4 Å². The molecule has 106 valence electrons. The van der Waals surface area contributed by atoms with Crippen LogP contribution in [0.3, 0.4) is 0 Å². The second kappa shape index (κ2) is 5.68. The molecular weight excluding hydrogens is 264 g/mol. The molecule has 0 saturated heterocycles. The lowest BCUT2D eigenvalue weighted by Gasteiger charge is -2.28. The van der Waals surface area contributed by atoms with Crippen molar-refractivity contribution >= 4 is 17.6 Å². The van der Waals surface area contributed by atoms with E-state index < -0.39 is 10.9 Å². The fraction of sp³-hybridized carbons (Fsp3) is 0.385. The van der Waals surface area contributed by atoms with Crippen molar-refractivity contribution in [1.29, 1.82) is 0 Å². The Hall–Kier alpha value is -2.44. The van der Waals surface area contributed by atoms with E-state index in [9.17, 15) is 19.7 Å². The average Bonchev–Trinajstić information content (AvgIpc) is 2.40. The van der Waals surface area contributed by atoms with E-state index in [0.29, 0.717) is 31.5 Å². The highest BCUT2D eigenvalue weighted by atomic mass is 16.6. The Morgan fingerprint density at radius 1 is 1.45 bits per heavy atom. The third-order valence-corrected chi connectivity index (χ3v) is 3.29. The zero-order valence-corrected chi connectivity index (χ0v) is 10.7. The number of carbonyl (C=O) groups excluding carboxylic acids is 1. The summed E-state index contributed by atoms with van der Waals surface area (Å²) in [7, 11) is 0. The number of nitrogens with zero attached hydrogens (tertiary/aromatic N) is 2. The summed E-state index contributed by atoms with van der Waals surface area (Å²) in [5, 5.41) is 19.3. The molecule has 1 N–H and O–H groups in total. The molecule has 1 amide bonds. The number of nitro groups is 1. The summed E-state index contributed by atoms with van der Waals surface area (Å²) in [6, 6.07) is 4.30. The van der Waals surface area contributed by atoms with Gasteiger partial charge >= 0.3 is 5.97 Å². The van der Waals surface area contributed by atoms with Gasteiger partial charge in [-0.15, -0.1) is 0 Å². The standard InChI is InChI=1S/C13H14N2O5/c16-12(17)2-1-6-14-7-5-9-3-4-10(15(19)20)8-11(9)13(14)18/h3-4,8H,1-2,5-7H2,(H,16,17). The quantitative estimate of drug-likeness (QED) is 0.649. The summed E-state index contributed by atoms with van der Waals surface area (Å²) in [6.45, 7) is 0.872. The minimum Gasteiger partial charge on any atom is -0.481 e. The Balaban J connectivity index is 2.13. The van der Waals surface area contributed by atoms with Gasteiger partial charge in [0, 0.05) is 37.2 Å². The smallest absolute Gasteiger partial charge is 0.303 e. The van der Waals surface area contributed by atoms with E-state index in [0.717, 1.165) is 5.56 Å². The van der Waals surface area contributed by atoms with Gasteiger partial charge in [0.2, 0.25) is 0 Å². The van der Waals surface area contributed by atoms with Gasteiger partial charge in [-0.3, -0.25) is 19.7 Å². The van der Waals surface area contributed by atoms with Crippen molar-refractivity contribution in [2.45, 2.75) is 19.3 Å². The molecule has 20 heavy (non-hydrogen) atoms. The molecule has 1 aliphatic heterocycles. The molecule has 1 aromatic rings.